The summed E-state index contributed by atoms with van der Waals surface area (Å²) in [5.41, 5.74) is 8.27. The molecule has 2 N–H and O–H groups in total. The Hall–Kier alpha value is -2.95. The number of Topliss-reactive ketones (excluding diaryl/α,β-unsaturated/α-hetero) is 1. The number of nitrogens with two attached hydrogens (primary N) is 1. The first-order chi connectivity index (χ1) is 11.1. The van der Waals surface area contributed by atoms with Gasteiger partial charge in [-0.2, -0.15) is 0 Å². The second kappa shape index (κ2) is 4.78. The van der Waals surface area contributed by atoms with Crippen LogP contribution in [-0.2, 0) is 0 Å². The highest BCUT2D eigenvalue weighted by atomic mass is 16.2. The molecule has 0 bridgehead atoms. The van der Waals surface area contributed by atoms with Crippen molar-refractivity contribution in [2.24, 2.45) is 0 Å². The molecule has 2 aromatic rings. The minimum Gasteiger partial charge on any atom is -0.398 e. The fourth-order valence-electron chi connectivity index (χ4n) is 3.50. The van der Waals surface area contributed by atoms with Gasteiger partial charge >= 0.3 is 0 Å². The summed E-state index contributed by atoms with van der Waals surface area (Å²) < 4.78 is 0. The van der Waals surface area contributed by atoms with E-state index in [0.717, 1.165) is 0 Å². The average molecular weight is 306 g/mol. The van der Waals surface area contributed by atoms with Crippen LogP contribution in [0.4, 0.5) is 5.69 Å². The van der Waals surface area contributed by atoms with Crippen molar-refractivity contribution in [1.82, 2.24) is 4.90 Å². The highest BCUT2D eigenvalue weighted by molar-refractivity contribution is 6.21. The zero-order valence-electron chi connectivity index (χ0n) is 12.3. The monoisotopic (exact) mass is 306 g/mol. The number of carbonyl (C=O) groups excluding carboxylic acids is 3. The number of amides is 2. The summed E-state index contributed by atoms with van der Waals surface area (Å²) in [5, 5.41) is 0. The van der Waals surface area contributed by atoms with E-state index in [2.05, 4.69) is 0 Å². The molecule has 1 aliphatic heterocycles. The summed E-state index contributed by atoms with van der Waals surface area (Å²) in [6.45, 7) is 0. The van der Waals surface area contributed by atoms with Crippen molar-refractivity contribution in [3.63, 3.8) is 0 Å². The van der Waals surface area contributed by atoms with Crippen LogP contribution in [0.15, 0.2) is 42.5 Å². The second-order valence-corrected chi connectivity index (χ2v) is 5.82. The number of hydrogen-bond donors (Lipinski definition) is 1. The Morgan fingerprint density at radius 1 is 0.913 bits per heavy atom. The molecule has 2 amide bonds. The molecule has 0 saturated heterocycles. The Kier molecular flexibility index (Phi) is 2.84. The van der Waals surface area contributed by atoms with Gasteiger partial charge in [-0.15, -0.1) is 0 Å². The summed E-state index contributed by atoms with van der Waals surface area (Å²) in [6, 6.07) is 11.5. The molecule has 0 saturated carbocycles. The maximum absolute atomic E-state index is 12.7. The molecule has 0 radical (unpaired) electrons. The van der Waals surface area contributed by atoms with Crippen LogP contribution in [0.1, 0.15) is 55.5 Å². The molecule has 5 heteroatoms. The molecular weight excluding hydrogens is 292 g/mol. The van der Waals surface area contributed by atoms with Crippen LogP contribution in [0, 0.1) is 0 Å². The van der Waals surface area contributed by atoms with E-state index < -0.39 is 6.04 Å². The van der Waals surface area contributed by atoms with Crippen molar-refractivity contribution >= 4 is 23.3 Å². The van der Waals surface area contributed by atoms with Gasteiger partial charge in [0.2, 0.25) is 0 Å². The van der Waals surface area contributed by atoms with Crippen molar-refractivity contribution in [3.8, 4) is 0 Å². The summed E-state index contributed by atoms with van der Waals surface area (Å²) in [7, 11) is 0. The third-order valence-electron chi connectivity index (χ3n) is 4.55. The second-order valence-electron chi connectivity index (χ2n) is 5.82. The SMILES string of the molecule is Nc1cccc2c1C(=O)CCC2N1C(=O)c2ccccc2C1=O. The predicted molar refractivity (Wildman–Crippen MR) is 84.1 cm³/mol. The Labute approximate surface area is 132 Å². The van der Waals surface area contributed by atoms with Crippen molar-refractivity contribution in [3.05, 3.63) is 64.7 Å². The van der Waals surface area contributed by atoms with Gasteiger partial charge in [-0.25, -0.2) is 0 Å². The Balaban J connectivity index is 1.84. The maximum Gasteiger partial charge on any atom is 0.262 e. The molecular formula is C18H14N2O3. The molecule has 1 unspecified atom stereocenters. The fourth-order valence-corrected chi connectivity index (χ4v) is 3.50. The summed E-state index contributed by atoms with van der Waals surface area (Å²) >= 11 is 0. The molecule has 1 atom stereocenters. The summed E-state index contributed by atoms with van der Waals surface area (Å²) in [4.78, 5) is 38.8. The lowest BCUT2D eigenvalue weighted by molar-refractivity contribution is 0.0557. The van der Waals surface area contributed by atoms with Crippen LogP contribution in [0.2, 0.25) is 0 Å². The van der Waals surface area contributed by atoms with E-state index in [1.807, 2.05) is 0 Å². The van der Waals surface area contributed by atoms with Gasteiger partial charge in [-0.1, -0.05) is 24.3 Å². The molecule has 0 aromatic heterocycles. The van der Waals surface area contributed by atoms with Crippen molar-refractivity contribution in [1.29, 1.82) is 0 Å². The molecule has 114 valence electrons. The Morgan fingerprint density at radius 2 is 1.57 bits per heavy atom. The smallest absolute Gasteiger partial charge is 0.262 e. The minimum atomic E-state index is -0.446. The zero-order chi connectivity index (χ0) is 16.1. The van der Waals surface area contributed by atoms with Gasteiger partial charge in [0, 0.05) is 17.7 Å². The van der Waals surface area contributed by atoms with Gasteiger partial charge < -0.3 is 5.73 Å². The number of nitrogens with zero attached hydrogens (tertiary/aromatic N) is 1. The number of imide groups is 1. The lowest BCUT2D eigenvalue weighted by Gasteiger charge is -2.31. The molecule has 23 heavy (non-hydrogen) atoms. The topological polar surface area (TPSA) is 80.5 Å². The fraction of sp³-hybridized carbons (Fsp3) is 0.167. The molecule has 2 aromatic carbocycles. The lowest BCUT2D eigenvalue weighted by atomic mass is 9.85. The van der Waals surface area contributed by atoms with Crippen molar-refractivity contribution < 1.29 is 14.4 Å². The van der Waals surface area contributed by atoms with E-state index in [1.54, 1.807) is 42.5 Å². The van der Waals surface area contributed by atoms with E-state index in [-0.39, 0.29) is 24.0 Å². The van der Waals surface area contributed by atoms with Crippen LogP contribution in [0.5, 0.6) is 0 Å². The highest BCUT2D eigenvalue weighted by Crippen LogP contribution is 2.40. The van der Waals surface area contributed by atoms with Crippen LogP contribution >= 0.6 is 0 Å². The predicted octanol–water partition coefficient (Wildman–Crippen LogP) is 2.58. The van der Waals surface area contributed by atoms with Gasteiger partial charge in [0.15, 0.2) is 5.78 Å². The van der Waals surface area contributed by atoms with Crippen molar-refractivity contribution in [2.75, 3.05) is 5.73 Å². The van der Waals surface area contributed by atoms with Crippen molar-refractivity contribution in [2.45, 2.75) is 18.9 Å². The Bertz CT molecular complexity index is 837. The quantitative estimate of drug-likeness (QED) is 0.648. The third-order valence-corrected chi connectivity index (χ3v) is 4.55. The third kappa shape index (κ3) is 1.83. The van der Waals surface area contributed by atoms with E-state index in [0.29, 0.717) is 34.4 Å². The minimum absolute atomic E-state index is 0.0361. The number of ketones is 1. The van der Waals surface area contributed by atoms with Crippen LogP contribution in [0.25, 0.3) is 0 Å². The number of benzene rings is 2. The molecule has 0 spiro atoms. The first-order valence-corrected chi connectivity index (χ1v) is 7.48. The largest absolute Gasteiger partial charge is 0.398 e. The first-order valence-electron chi connectivity index (χ1n) is 7.48. The van der Waals surface area contributed by atoms with Gasteiger partial charge in [-0.3, -0.25) is 19.3 Å². The first kappa shape index (κ1) is 13.7. The summed E-state index contributed by atoms with van der Waals surface area (Å²) in [6.07, 6.45) is 0.708. The molecule has 0 fully saturated rings. The van der Waals surface area contributed by atoms with Crippen LogP contribution in [0.3, 0.4) is 0 Å². The zero-order valence-corrected chi connectivity index (χ0v) is 12.3. The number of carbonyl (C=O) groups is 3. The van der Waals surface area contributed by atoms with E-state index in [4.69, 9.17) is 5.73 Å². The number of hydrogen-bond acceptors (Lipinski definition) is 4. The molecule has 2 aliphatic rings. The van der Waals surface area contributed by atoms with E-state index >= 15 is 0 Å². The lowest BCUT2D eigenvalue weighted by Crippen LogP contribution is -2.37. The maximum atomic E-state index is 12.7. The number of nitrogen functional groups attached to an aromatic ring is 1. The molecule has 1 heterocycles. The van der Waals surface area contributed by atoms with Gasteiger partial charge in [0.25, 0.3) is 11.8 Å². The van der Waals surface area contributed by atoms with Crippen LogP contribution < -0.4 is 5.73 Å². The number of rotatable bonds is 1. The number of anilines is 1. The van der Waals surface area contributed by atoms with Gasteiger partial charge in [0.1, 0.15) is 0 Å². The van der Waals surface area contributed by atoms with E-state index in [1.165, 1.54) is 4.90 Å². The molecule has 1 aliphatic carbocycles. The molecule has 5 nitrogen and oxygen atoms in total. The van der Waals surface area contributed by atoms with E-state index in [9.17, 15) is 14.4 Å². The standard InChI is InChI=1S/C18H14N2O3/c19-13-7-3-6-12-14(8-9-15(21)16(12)13)20-17(22)10-4-1-2-5-11(10)18(20)23/h1-7,14H,8-9,19H2. The number of fused-ring (bicyclic) bond motifs is 2. The normalized spacial score (nSPS) is 19.7. The molecule has 4 rings (SSSR count). The van der Waals surface area contributed by atoms with Gasteiger partial charge in [-0.05, 0) is 30.2 Å². The van der Waals surface area contributed by atoms with Gasteiger partial charge in [0.05, 0.1) is 17.2 Å². The van der Waals surface area contributed by atoms with Crippen LogP contribution in [-0.4, -0.2) is 22.5 Å². The highest BCUT2D eigenvalue weighted by Gasteiger charge is 2.42. The summed E-state index contributed by atoms with van der Waals surface area (Å²) in [5.74, 6) is -0.650. The average Bonchev–Trinajstić information content (AvgIpc) is 2.80. The Morgan fingerprint density at radius 3 is 2.22 bits per heavy atom.